The monoisotopic (exact) mass is 562 g/mol. The summed E-state index contributed by atoms with van der Waals surface area (Å²) in [6.45, 7) is 3.61. The summed E-state index contributed by atoms with van der Waals surface area (Å²) in [5, 5.41) is 21.6. The molecular weight excluding hydrogens is 535 g/mol. The van der Waals surface area contributed by atoms with Crippen LogP contribution in [0.25, 0.3) is 28.0 Å². The van der Waals surface area contributed by atoms with Gasteiger partial charge in [-0.05, 0) is 55.9 Å². The Morgan fingerprint density at radius 2 is 1.93 bits per heavy atom. The van der Waals surface area contributed by atoms with E-state index in [-0.39, 0.29) is 5.69 Å². The van der Waals surface area contributed by atoms with Crippen LogP contribution in [0.2, 0.25) is 0 Å². The van der Waals surface area contributed by atoms with Gasteiger partial charge in [-0.1, -0.05) is 0 Å². The van der Waals surface area contributed by atoms with Gasteiger partial charge in [-0.2, -0.15) is 15.5 Å². The molecule has 1 N–H and O–H groups in total. The second kappa shape index (κ2) is 9.73. The number of hydrogen-bond donors (Lipinski definition) is 1. The summed E-state index contributed by atoms with van der Waals surface area (Å²) in [6.07, 6.45) is 11.8. The van der Waals surface area contributed by atoms with Gasteiger partial charge in [0.25, 0.3) is 5.91 Å². The van der Waals surface area contributed by atoms with Crippen LogP contribution in [0, 0.1) is 29.0 Å². The van der Waals surface area contributed by atoms with Gasteiger partial charge in [-0.15, -0.1) is 0 Å². The van der Waals surface area contributed by atoms with Gasteiger partial charge in [-0.25, -0.2) is 18.9 Å². The smallest absolute Gasteiger partial charge is 0.273 e. The maximum absolute atomic E-state index is 14.1. The summed E-state index contributed by atoms with van der Waals surface area (Å²) in [5.74, 6) is 0.412. The van der Waals surface area contributed by atoms with E-state index in [1.165, 1.54) is 18.3 Å². The van der Waals surface area contributed by atoms with Crippen LogP contribution < -0.4 is 10.2 Å². The number of rotatable bonds is 5. The standard InChI is InChI=1S/C30H27FN10O/c1-30(37-29(42)27-23(31)4-3-6-33-27)9-19-15-40(16-20(19)10-30)26-14-34-25(13-35-26)22-8-18(24-5-7-39(2)38-24)17-41-28(22)21(11-32)12-36-41/h3-8,12-14,17,19-20H,9-10,15-16H2,1-2H3,(H,37,42)/t19-,20+,30+. The number of carbonyl (C=O) groups is 1. The highest BCUT2D eigenvalue weighted by Gasteiger charge is 2.48. The first kappa shape index (κ1) is 25.8. The summed E-state index contributed by atoms with van der Waals surface area (Å²) >= 11 is 0. The van der Waals surface area contributed by atoms with Gasteiger partial charge in [0.2, 0.25) is 0 Å². The summed E-state index contributed by atoms with van der Waals surface area (Å²) in [6, 6.07) is 8.83. The van der Waals surface area contributed by atoms with Crippen LogP contribution in [0.1, 0.15) is 35.8 Å². The third-order valence-electron chi connectivity index (χ3n) is 8.37. The molecule has 2 fully saturated rings. The van der Waals surface area contributed by atoms with Gasteiger partial charge in [-0.3, -0.25) is 14.5 Å². The third kappa shape index (κ3) is 4.43. The minimum atomic E-state index is -0.619. The Balaban J connectivity index is 1.09. The van der Waals surface area contributed by atoms with E-state index >= 15 is 0 Å². The number of aromatic nitrogens is 7. The molecule has 1 saturated heterocycles. The Kier molecular flexibility index (Phi) is 5.97. The first-order chi connectivity index (χ1) is 20.3. The lowest BCUT2D eigenvalue weighted by molar-refractivity contribution is 0.0895. The van der Waals surface area contributed by atoms with Crippen LogP contribution in [0.4, 0.5) is 10.2 Å². The van der Waals surface area contributed by atoms with Gasteiger partial charge in [0.15, 0.2) is 11.5 Å². The highest BCUT2D eigenvalue weighted by Crippen LogP contribution is 2.44. The number of nitrogens with one attached hydrogen (secondary N) is 1. The number of fused-ring (bicyclic) bond motifs is 2. The molecule has 5 aromatic rings. The Morgan fingerprint density at radius 3 is 2.60 bits per heavy atom. The van der Waals surface area contributed by atoms with Crippen molar-refractivity contribution in [1.29, 1.82) is 5.26 Å². The summed E-state index contributed by atoms with van der Waals surface area (Å²) in [5.41, 5.74) is 3.55. The van der Waals surface area contributed by atoms with Crippen LogP contribution >= 0.6 is 0 Å². The zero-order chi connectivity index (χ0) is 29.0. The first-order valence-corrected chi connectivity index (χ1v) is 13.7. The number of aryl methyl sites for hydroxylation is 1. The topological polar surface area (TPSA) is 130 Å². The zero-order valence-corrected chi connectivity index (χ0v) is 23.1. The number of hydrogen-bond acceptors (Lipinski definition) is 8. The average Bonchev–Trinajstić information content (AvgIpc) is 3.75. The van der Waals surface area contributed by atoms with Crippen molar-refractivity contribution in [3.8, 4) is 28.6 Å². The van der Waals surface area contributed by atoms with Crippen LogP contribution in [-0.2, 0) is 7.05 Å². The molecule has 3 atom stereocenters. The van der Waals surface area contributed by atoms with E-state index in [0.717, 1.165) is 48.6 Å². The fourth-order valence-electron chi connectivity index (χ4n) is 6.55. The lowest BCUT2D eigenvalue weighted by atomic mass is 9.97. The van der Waals surface area contributed by atoms with Crippen molar-refractivity contribution in [1.82, 2.24) is 39.7 Å². The van der Waals surface area contributed by atoms with E-state index in [1.54, 1.807) is 27.8 Å². The molecule has 1 aliphatic carbocycles. The van der Waals surface area contributed by atoms with Gasteiger partial charge >= 0.3 is 0 Å². The molecule has 42 heavy (non-hydrogen) atoms. The largest absolute Gasteiger partial charge is 0.355 e. The van der Waals surface area contributed by atoms with E-state index in [4.69, 9.17) is 9.97 Å². The van der Waals surface area contributed by atoms with Crippen molar-refractivity contribution in [3.05, 3.63) is 78.5 Å². The molecule has 0 unspecified atom stereocenters. The van der Waals surface area contributed by atoms with Gasteiger partial charge < -0.3 is 10.2 Å². The summed E-state index contributed by atoms with van der Waals surface area (Å²) < 4.78 is 17.5. The molecule has 1 aliphatic heterocycles. The Morgan fingerprint density at radius 1 is 1.12 bits per heavy atom. The van der Waals surface area contributed by atoms with Crippen molar-refractivity contribution in [2.24, 2.45) is 18.9 Å². The van der Waals surface area contributed by atoms with E-state index in [2.05, 4.69) is 31.5 Å². The van der Waals surface area contributed by atoms with E-state index in [1.807, 2.05) is 38.5 Å². The molecule has 11 nitrogen and oxygen atoms in total. The Bertz CT molecular complexity index is 1860. The number of pyridine rings is 2. The first-order valence-electron chi connectivity index (χ1n) is 13.7. The number of anilines is 1. The quantitative estimate of drug-likeness (QED) is 0.344. The summed E-state index contributed by atoms with van der Waals surface area (Å²) in [7, 11) is 1.86. The molecule has 210 valence electrons. The zero-order valence-electron chi connectivity index (χ0n) is 23.1. The molecule has 7 rings (SSSR count). The maximum atomic E-state index is 14.1. The fraction of sp³-hybridized carbons (Fsp3) is 0.300. The maximum Gasteiger partial charge on any atom is 0.273 e. The third-order valence-corrected chi connectivity index (χ3v) is 8.37. The molecule has 1 saturated carbocycles. The van der Waals surface area contributed by atoms with Crippen molar-refractivity contribution in [3.63, 3.8) is 0 Å². The van der Waals surface area contributed by atoms with E-state index in [0.29, 0.717) is 28.6 Å². The molecule has 0 bridgehead atoms. The lowest BCUT2D eigenvalue weighted by Crippen LogP contribution is -2.45. The minimum absolute atomic E-state index is 0.173. The Hall–Kier alpha value is -5.18. The number of carbonyl (C=O) groups excluding carboxylic acids is 1. The second-order valence-corrected chi connectivity index (χ2v) is 11.4. The molecule has 2 aliphatic rings. The second-order valence-electron chi connectivity index (χ2n) is 11.4. The molecule has 6 heterocycles. The predicted octanol–water partition coefficient (Wildman–Crippen LogP) is 3.63. The molecule has 1 amide bonds. The van der Waals surface area contributed by atoms with E-state index in [9.17, 15) is 14.4 Å². The predicted molar refractivity (Wildman–Crippen MR) is 152 cm³/mol. The highest BCUT2D eigenvalue weighted by molar-refractivity contribution is 5.93. The number of nitrogens with zero attached hydrogens (tertiary/aromatic N) is 9. The molecular formula is C30H27FN10O. The molecule has 0 aromatic carbocycles. The fourth-order valence-corrected chi connectivity index (χ4v) is 6.55. The summed E-state index contributed by atoms with van der Waals surface area (Å²) in [4.78, 5) is 28.4. The lowest BCUT2D eigenvalue weighted by Gasteiger charge is -2.28. The van der Waals surface area contributed by atoms with E-state index < -0.39 is 17.3 Å². The van der Waals surface area contributed by atoms with Crippen molar-refractivity contribution < 1.29 is 9.18 Å². The van der Waals surface area contributed by atoms with Crippen molar-refractivity contribution in [2.45, 2.75) is 25.3 Å². The van der Waals surface area contributed by atoms with Crippen molar-refractivity contribution >= 4 is 17.2 Å². The van der Waals surface area contributed by atoms with Gasteiger partial charge in [0.05, 0.1) is 41.1 Å². The van der Waals surface area contributed by atoms with Gasteiger partial charge in [0.1, 0.15) is 11.9 Å². The minimum Gasteiger partial charge on any atom is -0.355 e. The molecule has 0 radical (unpaired) electrons. The number of halogens is 1. The van der Waals surface area contributed by atoms with Crippen LogP contribution in [0.15, 0.2) is 61.4 Å². The highest BCUT2D eigenvalue weighted by atomic mass is 19.1. The molecule has 0 spiro atoms. The van der Waals surface area contributed by atoms with Crippen LogP contribution in [0.5, 0.6) is 0 Å². The molecule has 12 heteroatoms. The van der Waals surface area contributed by atoms with Crippen LogP contribution in [0.3, 0.4) is 0 Å². The van der Waals surface area contributed by atoms with Gasteiger partial charge in [0, 0.05) is 55.4 Å². The molecule has 5 aromatic heterocycles. The number of nitriles is 1. The Labute approximate surface area is 240 Å². The van der Waals surface area contributed by atoms with Crippen molar-refractivity contribution in [2.75, 3.05) is 18.0 Å². The SMILES string of the molecule is Cn1ccc(-c2cc(-c3cnc(N4C[C@@H]5C[C@@](C)(NC(=O)c6ncccc6F)C[C@@H]5C4)cn3)c3c(C#N)cnn3c2)n1. The van der Waals surface area contributed by atoms with Crippen LogP contribution in [-0.4, -0.2) is 58.9 Å². The number of amides is 1. The normalized spacial score (nSPS) is 21.4. The average molecular weight is 563 g/mol.